The maximum absolute atomic E-state index is 12.0. The molecule has 1 aromatic rings. The minimum atomic E-state index is 0.0295. The Morgan fingerprint density at radius 2 is 2.06 bits per heavy atom. The fourth-order valence-electron chi connectivity index (χ4n) is 2.06. The van der Waals surface area contributed by atoms with E-state index < -0.39 is 0 Å². The summed E-state index contributed by atoms with van der Waals surface area (Å²) in [6, 6.07) is 3.80. The van der Waals surface area contributed by atoms with Crippen LogP contribution in [-0.2, 0) is 16.7 Å². The first-order valence-electron chi connectivity index (χ1n) is 6.09. The molecule has 1 fully saturated rings. The van der Waals surface area contributed by atoms with Crippen LogP contribution < -0.4 is 5.56 Å². The van der Waals surface area contributed by atoms with Crippen molar-refractivity contribution in [2.45, 2.75) is 39.7 Å². The van der Waals surface area contributed by atoms with E-state index in [0.717, 1.165) is 25.3 Å². The van der Waals surface area contributed by atoms with Crippen LogP contribution in [0, 0.1) is 5.41 Å². The SMILES string of the molecule is CC1(Cn2ccc(C(C)(C)C)cc2=O)COC1. The first kappa shape index (κ1) is 12.4. The highest BCUT2D eigenvalue weighted by molar-refractivity contribution is 5.19. The van der Waals surface area contributed by atoms with Crippen LogP contribution in [0.15, 0.2) is 23.1 Å². The minimum Gasteiger partial charge on any atom is -0.380 e. The third-order valence-electron chi connectivity index (χ3n) is 3.32. The molecule has 0 atom stereocenters. The minimum absolute atomic E-state index is 0.0295. The van der Waals surface area contributed by atoms with Crippen LogP contribution >= 0.6 is 0 Å². The Morgan fingerprint density at radius 1 is 1.41 bits per heavy atom. The molecule has 0 radical (unpaired) electrons. The van der Waals surface area contributed by atoms with E-state index in [1.54, 1.807) is 10.6 Å². The molecule has 2 heterocycles. The van der Waals surface area contributed by atoms with Crippen LogP contribution in [0.5, 0.6) is 0 Å². The Labute approximate surface area is 102 Å². The zero-order valence-electron chi connectivity index (χ0n) is 11.1. The van der Waals surface area contributed by atoms with Gasteiger partial charge in [0.1, 0.15) is 0 Å². The van der Waals surface area contributed by atoms with Crippen molar-refractivity contribution in [1.82, 2.24) is 4.57 Å². The van der Waals surface area contributed by atoms with Crippen molar-refractivity contribution in [2.75, 3.05) is 13.2 Å². The Balaban J connectivity index is 2.23. The zero-order chi connectivity index (χ0) is 12.7. The topological polar surface area (TPSA) is 31.2 Å². The summed E-state index contributed by atoms with van der Waals surface area (Å²) < 4.78 is 7.00. The second-order valence-corrected chi connectivity index (χ2v) is 6.44. The summed E-state index contributed by atoms with van der Waals surface area (Å²) in [5, 5.41) is 0. The number of hydrogen-bond acceptors (Lipinski definition) is 2. The maximum atomic E-state index is 12.0. The average Bonchev–Trinajstić information content (AvgIpc) is 2.17. The molecular weight excluding hydrogens is 214 g/mol. The summed E-state index contributed by atoms with van der Waals surface area (Å²) >= 11 is 0. The molecule has 0 spiro atoms. The molecule has 0 unspecified atom stereocenters. The van der Waals surface area contributed by atoms with Gasteiger partial charge in [0.05, 0.1) is 13.2 Å². The third kappa shape index (κ3) is 2.60. The van der Waals surface area contributed by atoms with Crippen molar-refractivity contribution in [3.05, 3.63) is 34.2 Å². The maximum Gasteiger partial charge on any atom is 0.250 e. The third-order valence-corrected chi connectivity index (χ3v) is 3.32. The van der Waals surface area contributed by atoms with E-state index in [1.807, 2.05) is 12.3 Å². The van der Waals surface area contributed by atoms with Gasteiger partial charge in [0.2, 0.25) is 0 Å². The van der Waals surface area contributed by atoms with Gasteiger partial charge in [-0.25, -0.2) is 0 Å². The lowest BCUT2D eigenvalue weighted by atomic mass is 9.87. The second-order valence-electron chi connectivity index (χ2n) is 6.44. The van der Waals surface area contributed by atoms with E-state index in [0.29, 0.717) is 0 Å². The molecule has 17 heavy (non-hydrogen) atoms. The number of aromatic nitrogens is 1. The molecule has 0 aliphatic carbocycles. The number of pyridine rings is 1. The van der Waals surface area contributed by atoms with Crippen molar-refractivity contribution in [1.29, 1.82) is 0 Å². The molecule has 0 bridgehead atoms. The highest BCUT2D eigenvalue weighted by Crippen LogP contribution is 2.28. The highest BCUT2D eigenvalue weighted by Gasteiger charge is 2.33. The Hall–Kier alpha value is -1.09. The molecule has 0 saturated carbocycles. The van der Waals surface area contributed by atoms with Gasteiger partial charge < -0.3 is 9.30 Å². The van der Waals surface area contributed by atoms with E-state index in [1.165, 1.54) is 0 Å². The van der Waals surface area contributed by atoms with Crippen LogP contribution in [0.2, 0.25) is 0 Å². The summed E-state index contributed by atoms with van der Waals surface area (Å²) in [5.74, 6) is 0. The second kappa shape index (κ2) is 3.98. The lowest BCUT2D eigenvalue weighted by Crippen LogP contribution is -2.45. The van der Waals surface area contributed by atoms with Crippen molar-refractivity contribution >= 4 is 0 Å². The van der Waals surface area contributed by atoms with E-state index >= 15 is 0 Å². The van der Waals surface area contributed by atoms with Gasteiger partial charge in [-0.3, -0.25) is 4.79 Å². The molecule has 0 aromatic carbocycles. The summed E-state index contributed by atoms with van der Waals surface area (Å²) in [4.78, 5) is 12.0. The summed E-state index contributed by atoms with van der Waals surface area (Å²) in [5.41, 5.74) is 1.34. The fraction of sp³-hybridized carbons (Fsp3) is 0.643. The first-order valence-corrected chi connectivity index (χ1v) is 6.09. The Kier molecular flexibility index (Phi) is 2.90. The Morgan fingerprint density at radius 3 is 2.47 bits per heavy atom. The average molecular weight is 235 g/mol. The molecule has 1 aromatic heterocycles. The van der Waals surface area contributed by atoms with E-state index in [9.17, 15) is 4.79 Å². The number of nitrogens with zero attached hydrogens (tertiary/aromatic N) is 1. The van der Waals surface area contributed by atoms with Crippen LogP contribution in [0.3, 0.4) is 0 Å². The number of ether oxygens (including phenoxy) is 1. The van der Waals surface area contributed by atoms with E-state index in [-0.39, 0.29) is 16.4 Å². The quantitative estimate of drug-likeness (QED) is 0.786. The standard InChI is InChI=1S/C14H21NO2/c1-13(2,3)11-5-6-15(12(16)7-11)8-14(4)9-17-10-14/h5-7H,8-10H2,1-4H3. The largest absolute Gasteiger partial charge is 0.380 e. The van der Waals surface area contributed by atoms with Gasteiger partial charge >= 0.3 is 0 Å². The van der Waals surface area contributed by atoms with Gasteiger partial charge in [0.25, 0.3) is 5.56 Å². The summed E-state index contributed by atoms with van der Waals surface area (Å²) in [6.45, 7) is 10.8. The first-order chi connectivity index (χ1) is 7.80. The van der Waals surface area contributed by atoms with E-state index in [4.69, 9.17) is 4.74 Å². The van der Waals surface area contributed by atoms with Crippen molar-refractivity contribution in [3.8, 4) is 0 Å². The summed E-state index contributed by atoms with van der Waals surface area (Å²) in [7, 11) is 0. The molecule has 0 N–H and O–H groups in total. The molecule has 0 amide bonds. The van der Waals surface area contributed by atoms with Crippen LogP contribution in [0.25, 0.3) is 0 Å². The lowest BCUT2D eigenvalue weighted by Gasteiger charge is -2.38. The number of hydrogen-bond donors (Lipinski definition) is 0. The predicted molar refractivity (Wildman–Crippen MR) is 68.3 cm³/mol. The molecule has 1 aliphatic rings. The summed E-state index contributed by atoms with van der Waals surface area (Å²) in [6.07, 6.45) is 1.91. The highest BCUT2D eigenvalue weighted by atomic mass is 16.5. The van der Waals surface area contributed by atoms with Crippen molar-refractivity contribution in [2.24, 2.45) is 5.41 Å². The van der Waals surface area contributed by atoms with Crippen LogP contribution in [0.1, 0.15) is 33.3 Å². The van der Waals surface area contributed by atoms with Crippen molar-refractivity contribution < 1.29 is 4.74 Å². The molecular formula is C14H21NO2. The van der Waals surface area contributed by atoms with Gasteiger partial charge in [-0.2, -0.15) is 0 Å². The molecule has 2 rings (SSSR count). The lowest BCUT2D eigenvalue weighted by molar-refractivity contribution is -0.110. The van der Waals surface area contributed by atoms with Gasteiger partial charge in [-0.05, 0) is 17.0 Å². The molecule has 94 valence electrons. The smallest absolute Gasteiger partial charge is 0.250 e. The van der Waals surface area contributed by atoms with Gasteiger partial charge in [-0.15, -0.1) is 0 Å². The molecule has 1 aliphatic heterocycles. The van der Waals surface area contributed by atoms with Gasteiger partial charge in [-0.1, -0.05) is 27.7 Å². The zero-order valence-corrected chi connectivity index (χ0v) is 11.1. The number of rotatable bonds is 2. The molecule has 3 nitrogen and oxygen atoms in total. The molecule has 1 saturated heterocycles. The normalized spacial score (nSPS) is 18.8. The van der Waals surface area contributed by atoms with Gasteiger partial charge in [0, 0.05) is 24.2 Å². The molecule has 3 heteroatoms. The Bertz CT molecular complexity index is 464. The van der Waals surface area contributed by atoms with Crippen LogP contribution in [0.4, 0.5) is 0 Å². The van der Waals surface area contributed by atoms with Crippen molar-refractivity contribution in [3.63, 3.8) is 0 Å². The predicted octanol–water partition coefficient (Wildman–Crippen LogP) is 2.18. The van der Waals surface area contributed by atoms with Crippen LogP contribution in [-0.4, -0.2) is 17.8 Å². The monoisotopic (exact) mass is 235 g/mol. The van der Waals surface area contributed by atoms with E-state index in [2.05, 4.69) is 27.7 Å². The van der Waals surface area contributed by atoms with Gasteiger partial charge in [0.15, 0.2) is 0 Å². The fourth-order valence-corrected chi connectivity index (χ4v) is 2.06.